The molecule has 172 valence electrons. The van der Waals surface area contributed by atoms with Gasteiger partial charge in [0.15, 0.2) is 0 Å². The Morgan fingerprint density at radius 3 is 2.67 bits per heavy atom. The number of nitrogens with two attached hydrogens (primary N) is 1. The Balaban J connectivity index is 1.33. The maximum Gasteiger partial charge on any atom is 0.416 e. The number of rotatable bonds is 4. The lowest BCUT2D eigenvalue weighted by atomic mass is 9.44. The molecule has 2 aromatic heterocycles. The van der Waals surface area contributed by atoms with Gasteiger partial charge in [-0.1, -0.05) is 0 Å². The molecule has 7 nitrogen and oxygen atoms in total. The number of benzene rings is 1. The van der Waals surface area contributed by atoms with Crippen molar-refractivity contribution < 1.29 is 18.0 Å². The SMILES string of the molecule is C[C@@H](Nc1nc2nccn2c2c1CN(C(=O)C13CC(C1)C3)C2)c1cc(N)cc(C(F)(F)F)c1. The highest BCUT2D eigenvalue weighted by Crippen LogP contribution is 2.65. The maximum atomic E-state index is 13.3. The molecule has 3 aliphatic carbocycles. The third kappa shape index (κ3) is 3.07. The van der Waals surface area contributed by atoms with Crippen LogP contribution in [-0.4, -0.2) is 25.2 Å². The summed E-state index contributed by atoms with van der Waals surface area (Å²) in [4.78, 5) is 24.0. The minimum atomic E-state index is -4.49. The van der Waals surface area contributed by atoms with Crippen molar-refractivity contribution in [2.45, 2.75) is 51.5 Å². The number of nitrogens with zero attached hydrogens (tertiary/aromatic N) is 4. The standard InChI is InChI=1S/C23H23F3N6O/c1-12(14-4-15(23(24,25)26)6-16(27)5-14)29-19-17-10-31(20(33)22-7-13(8-22)9-22)11-18(17)32-3-2-28-21(32)30-19/h2-6,12-13H,7-11,27H2,1H3,(H,28,29,30)/t12-,13?,22?/m1/s1. The van der Waals surface area contributed by atoms with E-state index in [9.17, 15) is 18.0 Å². The molecule has 4 aliphatic rings. The molecule has 0 radical (unpaired) electrons. The third-order valence-electron chi connectivity index (χ3n) is 7.38. The number of imidazole rings is 1. The molecule has 33 heavy (non-hydrogen) atoms. The number of fused-ring (bicyclic) bond motifs is 3. The van der Waals surface area contributed by atoms with Crippen molar-refractivity contribution in [2.75, 3.05) is 11.1 Å². The van der Waals surface area contributed by atoms with Crippen LogP contribution in [0.15, 0.2) is 30.6 Å². The number of hydrogen-bond acceptors (Lipinski definition) is 5. The van der Waals surface area contributed by atoms with Crippen LogP contribution in [0.25, 0.3) is 5.78 Å². The zero-order valence-electron chi connectivity index (χ0n) is 18.0. The summed E-state index contributed by atoms with van der Waals surface area (Å²) in [6.07, 6.45) is 1.93. The lowest BCUT2D eigenvalue weighted by Crippen LogP contribution is -2.60. The molecule has 3 fully saturated rings. The van der Waals surface area contributed by atoms with Gasteiger partial charge in [0.05, 0.1) is 35.8 Å². The van der Waals surface area contributed by atoms with Crippen LogP contribution in [0.1, 0.15) is 54.6 Å². The number of hydrogen-bond donors (Lipinski definition) is 2. The molecular formula is C23H23F3N6O. The quantitative estimate of drug-likeness (QED) is 0.576. The molecule has 3 heterocycles. The van der Waals surface area contributed by atoms with Gasteiger partial charge in [0.2, 0.25) is 11.7 Å². The van der Waals surface area contributed by atoms with E-state index in [2.05, 4.69) is 15.3 Å². The summed E-state index contributed by atoms with van der Waals surface area (Å²) in [5, 5.41) is 3.26. The van der Waals surface area contributed by atoms with Crippen LogP contribution in [0.3, 0.4) is 0 Å². The Morgan fingerprint density at radius 1 is 1.24 bits per heavy atom. The monoisotopic (exact) mass is 456 g/mol. The molecule has 7 rings (SSSR count). The van der Waals surface area contributed by atoms with Gasteiger partial charge in [-0.15, -0.1) is 0 Å². The average Bonchev–Trinajstić information content (AvgIpc) is 3.31. The fourth-order valence-electron chi connectivity index (χ4n) is 5.52. The number of anilines is 2. The lowest BCUT2D eigenvalue weighted by molar-refractivity contribution is -0.177. The van der Waals surface area contributed by atoms with Crippen LogP contribution in [-0.2, 0) is 24.1 Å². The summed E-state index contributed by atoms with van der Waals surface area (Å²) in [7, 11) is 0. The first-order valence-electron chi connectivity index (χ1n) is 11.0. The molecule has 3 N–H and O–H groups in total. The zero-order chi connectivity index (χ0) is 23.1. The number of carbonyl (C=O) groups excluding carboxylic acids is 1. The van der Waals surface area contributed by atoms with Crippen molar-refractivity contribution >= 4 is 23.2 Å². The van der Waals surface area contributed by atoms with Gasteiger partial charge >= 0.3 is 6.18 Å². The van der Waals surface area contributed by atoms with E-state index in [0.717, 1.165) is 42.7 Å². The van der Waals surface area contributed by atoms with Crippen molar-refractivity contribution in [3.05, 3.63) is 53.0 Å². The topological polar surface area (TPSA) is 88.5 Å². The summed E-state index contributed by atoms with van der Waals surface area (Å²) in [5.74, 6) is 1.91. The summed E-state index contributed by atoms with van der Waals surface area (Å²) in [6.45, 7) is 2.65. The van der Waals surface area contributed by atoms with Crippen molar-refractivity contribution in [1.29, 1.82) is 0 Å². The number of halogens is 3. The highest BCUT2D eigenvalue weighted by molar-refractivity contribution is 5.86. The first kappa shape index (κ1) is 20.3. The van der Waals surface area contributed by atoms with E-state index in [0.29, 0.717) is 36.2 Å². The summed E-state index contributed by atoms with van der Waals surface area (Å²) >= 11 is 0. The van der Waals surface area contributed by atoms with E-state index in [-0.39, 0.29) is 17.0 Å². The van der Waals surface area contributed by atoms with Gasteiger partial charge in [0, 0.05) is 23.6 Å². The second-order valence-electron chi connectivity index (χ2n) is 9.65. The Hall–Kier alpha value is -3.30. The molecule has 3 aromatic rings. The Labute approximate surface area is 187 Å². The fraction of sp³-hybridized carbons (Fsp3) is 0.435. The smallest absolute Gasteiger partial charge is 0.399 e. The molecule has 1 aliphatic heterocycles. The minimum Gasteiger partial charge on any atom is -0.399 e. The molecule has 0 saturated heterocycles. The Kier molecular flexibility index (Phi) is 4.07. The normalized spacial score (nSPS) is 24.2. The molecular weight excluding hydrogens is 433 g/mol. The van der Waals surface area contributed by atoms with Crippen LogP contribution in [0.4, 0.5) is 24.7 Å². The number of nitrogen functional groups attached to an aromatic ring is 1. The molecule has 0 unspecified atom stereocenters. The molecule has 2 bridgehead atoms. The summed E-state index contributed by atoms with van der Waals surface area (Å²) in [6, 6.07) is 3.06. The number of carbonyl (C=O) groups is 1. The van der Waals surface area contributed by atoms with Crippen LogP contribution in [0.5, 0.6) is 0 Å². The van der Waals surface area contributed by atoms with Gasteiger partial charge in [0.25, 0.3) is 0 Å². The fourth-order valence-corrected chi connectivity index (χ4v) is 5.52. The third-order valence-corrected chi connectivity index (χ3v) is 7.38. The molecule has 0 spiro atoms. The molecule has 3 saturated carbocycles. The van der Waals surface area contributed by atoms with Crippen LogP contribution >= 0.6 is 0 Å². The minimum absolute atomic E-state index is 0.0469. The van der Waals surface area contributed by atoms with Crippen LogP contribution < -0.4 is 11.1 Å². The van der Waals surface area contributed by atoms with Crippen molar-refractivity contribution in [3.63, 3.8) is 0 Å². The number of alkyl halides is 3. The van der Waals surface area contributed by atoms with Crippen LogP contribution in [0, 0.1) is 11.3 Å². The highest BCUT2D eigenvalue weighted by Gasteiger charge is 2.62. The maximum absolute atomic E-state index is 13.3. The van der Waals surface area contributed by atoms with Crippen LogP contribution in [0.2, 0.25) is 0 Å². The van der Waals surface area contributed by atoms with Gasteiger partial charge in [-0.3, -0.25) is 9.20 Å². The van der Waals surface area contributed by atoms with E-state index in [1.165, 1.54) is 6.07 Å². The van der Waals surface area contributed by atoms with Gasteiger partial charge < -0.3 is 16.0 Å². The predicted octanol–water partition coefficient (Wildman–Crippen LogP) is 4.15. The Bertz CT molecular complexity index is 1280. The van der Waals surface area contributed by atoms with Gasteiger partial charge in [0.1, 0.15) is 5.82 Å². The predicted molar refractivity (Wildman–Crippen MR) is 115 cm³/mol. The van der Waals surface area contributed by atoms with Crippen molar-refractivity contribution in [2.24, 2.45) is 11.3 Å². The largest absolute Gasteiger partial charge is 0.416 e. The molecule has 1 atom stereocenters. The second kappa shape index (κ2) is 6.61. The number of nitrogens with one attached hydrogen (secondary N) is 1. The first-order valence-corrected chi connectivity index (χ1v) is 11.0. The van der Waals surface area contributed by atoms with Crippen molar-refractivity contribution in [3.8, 4) is 0 Å². The van der Waals surface area contributed by atoms with E-state index < -0.39 is 17.8 Å². The van der Waals surface area contributed by atoms with E-state index in [1.807, 2.05) is 15.5 Å². The molecule has 1 amide bonds. The second-order valence-corrected chi connectivity index (χ2v) is 9.65. The molecule has 10 heteroatoms. The van der Waals surface area contributed by atoms with E-state index in [4.69, 9.17) is 5.73 Å². The molecule has 1 aromatic carbocycles. The number of aromatic nitrogens is 3. The van der Waals surface area contributed by atoms with Gasteiger partial charge in [-0.25, -0.2) is 4.98 Å². The Morgan fingerprint density at radius 2 is 2.00 bits per heavy atom. The average molecular weight is 456 g/mol. The van der Waals surface area contributed by atoms with E-state index in [1.54, 1.807) is 13.1 Å². The van der Waals surface area contributed by atoms with E-state index >= 15 is 0 Å². The van der Waals surface area contributed by atoms with Gasteiger partial charge in [-0.2, -0.15) is 18.2 Å². The van der Waals surface area contributed by atoms with Gasteiger partial charge in [-0.05, 0) is 55.9 Å². The lowest BCUT2D eigenvalue weighted by Gasteiger charge is -2.61. The summed E-state index contributed by atoms with van der Waals surface area (Å²) < 4.78 is 41.7. The summed E-state index contributed by atoms with van der Waals surface area (Å²) in [5.41, 5.74) is 7.03. The zero-order valence-corrected chi connectivity index (χ0v) is 18.0. The highest BCUT2D eigenvalue weighted by atomic mass is 19.4. The van der Waals surface area contributed by atoms with Crippen molar-refractivity contribution in [1.82, 2.24) is 19.3 Å². The number of amides is 1. The first-order chi connectivity index (χ1) is 15.6.